The first-order valence-electron chi connectivity index (χ1n) is 6.57. The zero-order valence-electron chi connectivity index (χ0n) is 11.4. The second-order valence-corrected chi connectivity index (χ2v) is 5.71. The number of nitrogens with zero attached hydrogens (tertiary/aromatic N) is 1. The van der Waals surface area contributed by atoms with E-state index in [1.807, 2.05) is 0 Å². The van der Waals surface area contributed by atoms with E-state index in [2.05, 4.69) is 37.9 Å². The Morgan fingerprint density at radius 1 is 1.31 bits per heavy atom. The first kappa shape index (κ1) is 13.9. The highest BCUT2D eigenvalue weighted by molar-refractivity contribution is 4.75. The van der Waals surface area contributed by atoms with Crippen molar-refractivity contribution in [3.63, 3.8) is 0 Å². The van der Waals surface area contributed by atoms with Crippen LogP contribution in [0.5, 0.6) is 0 Å². The minimum Gasteiger partial charge on any atom is -0.379 e. The molecule has 3 nitrogen and oxygen atoms in total. The Labute approximate surface area is 101 Å². The lowest BCUT2D eigenvalue weighted by Gasteiger charge is -2.31. The molecule has 1 saturated heterocycles. The smallest absolute Gasteiger partial charge is 0.0594 e. The van der Waals surface area contributed by atoms with Gasteiger partial charge >= 0.3 is 0 Å². The average Bonchev–Trinajstić information content (AvgIpc) is 2.28. The van der Waals surface area contributed by atoms with Gasteiger partial charge in [-0.2, -0.15) is 0 Å². The van der Waals surface area contributed by atoms with Crippen molar-refractivity contribution in [3.8, 4) is 0 Å². The van der Waals surface area contributed by atoms with Crippen molar-refractivity contribution in [2.24, 2.45) is 5.41 Å². The molecule has 0 aromatic heterocycles. The highest BCUT2D eigenvalue weighted by Crippen LogP contribution is 2.17. The van der Waals surface area contributed by atoms with Crippen molar-refractivity contribution < 1.29 is 4.74 Å². The van der Waals surface area contributed by atoms with Gasteiger partial charge in [0.15, 0.2) is 0 Å². The number of nitrogens with one attached hydrogen (secondary N) is 1. The highest BCUT2D eigenvalue weighted by Gasteiger charge is 2.18. The lowest BCUT2D eigenvalue weighted by atomic mass is 9.90. The molecule has 1 aliphatic rings. The summed E-state index contributed by atoms with van der Waals surface area (Å²) in [6, 6.07) is 0.573. The summed E-state index contributed by atoms with van der Waals surface area (Å²) >= 11 is 0. The molecule has 0 aromatic rings. The molecule has 0 bridgehead atoms. The molecule has 0 aliphatic carbocycles. The Balaban J connectivity index is 2.17. The number of hydrogen-bond donors (Lipinski definition) is 1. The molecule has 0 spiro atoms. The van der Waals surface area contributed by atoms with Crippen LogP contribution in [0.4, 0.5) is 0 Å². The van der Waals surface area contributed by atoms with E-state index < -0.39 is 0 Å². The third kappa shape index (κ3) is 5.28. The van der Waals surface area contributed by atoms with E-state index in [-0.39, 0.29) is 0 Å². The molecular formula is C13H28N2O. The molecular weight excluding hydrogens is 200 g/mol. The third-order valence-electron chi connectivity index (χ3n) is 3.52. The largest absolute Gasteiger partial charge is 0.379 e. The van der Waals surface area contributed by atoms with E-state index >= 15 is 0 Å². The predicted molar refractivity (Wildman–Crippen MR) is 68.8 cm³/mol. The Hall–Kier alpha value is -0.120. The summed E-state index contributed by atoms with van der Waals surface area (Å²) in [7, 11) is 0. The Bertz CT molecular complexity index is 188. The molecule has 1 aliphatic heterocycles. The quantitative estimate of drug-likeness (QED) is 0.749. The zero-order valence-corrected chi connectivity index (χ0v) is 11.4. The standard InChI is InChI=1S/C13H28N2O/c1-5-13(3,4)11-14-12(2)10-15-6-8-16-9-7-15/h12,14H,5-11H2,1-4H3. The number of hydrogen-bond acceptors (Lipinski definition) is 3. The second-order valence-electron chi connectivity index (χ2n) is 5.71. The van der Waals surface area contributed by atoms with Crippen LogP contribution in [0.1, 0.15) is 34.1 Å². The molecule has 96 valence electrons. The van der Waals surface area contributed by atoms with Crippen LogP contribution < -0.4 is 5.32 Å². The molecule has 0 aromatic carbocycles. The second kappa shape index (κ2) is 6.58. The van der Waals surface area contributed by atoms with E-state index in [9.17, 15) is 0 Å². The average molecular weight is 228 g/mol. The van der Waals surface area contributed by atoms with Gasteiger partial charge in [0.25, 0.3) is 0 Å². The molecule has 1 fully saturated rings. The van der Waals surface area contributed by atoms with E-state index in [0.29, 0.717) is 11.5 Å². The van der Waals surface area contributed by atoms with Gasteiger partial charge in [0.1, 0.15) is 0 Å². The van der Waals surface area contributed by atoms with E-state index in [4.69, 9.17) is 4.74 Å². The minimum absolute atomic E-state index is 0.416. The fourth-order valence-electron chi connectivity index (χ4n) is 1.81. The topological polar surface area (TPSA) is 24.5 Å². The van der Waals surface area contributed by atoms with Crippen LogP contribution in [-0.2, 0) is 4.74 Å². The monoisotopic (exact) mass is 228 g/mol. The van der Waals surface area contributed by atoms with Crippen LogP contribution in [-0.4, -0.2) is 50.3 Å². The summed E-state index contributed by atoms with van der Waals surface area (Å²) in [5.41, 5.74) is 0.416. The summed E-state index contributed by atoms with van der Waals surface area (Å²) in [5.74, 6) is 0. The molecule has 1 atom stereocenters. The fourth-order valence-corrected chi connectivity index (χ4v) is 1.81. The molecule has 0 amide bonds. The predicted octanol–water partition coefficient (Wildman–Crippen LogP) is 1.73. The SMILES string of the molecule is CCC(C)(C)CNC(C)CN1CCOCC1. The summed E-state index contributed by atoms with van der Waals surface area (Å²) in [6.45, 7) is 15.4. The summed E-state index contributed by atoms with van der Waals surface area (Å²) < 4.78 is 5.35. The minimum atomic E-state index is 0.416. The van der Waals surface area contributed by atoms with Gasteiger partial charge in [0.05, 0.1) is 13.2 Å². The van der Waals surface area contributed by atoms with Crippen LogP contribution in [0.15, 0.2) is 0 Å². The van der Waals surface area contributed by atoms with Crippen LogP contribution in [0.25, 0.3) is 0 Å². The first-order chi connectivity index (χ1) is 7.53. The first-order valence-corrected chi connectivity index (χ1v) is 6.57. The van der Waals surface area contributed by atoms with E-state index in [1.54, 1.807) is 0 Å². The van der Waals surface area contributed by atoms with Gasteiger partial charge in [-0.3, -0.25) is 4.90 Å². The molecule has 1 N–H and O–H groups in total. The molecule has 1 rings (SSSR count). The molecule has 0 radical (unpaired) electrons. The van der Waals surface area contributed by atoms with Crippen molar-refractivity contribution in [3.05, 3.63) is 0 Å². The lowest BCUT2D eigenvalue weighted by Crippen LogP contribution is -2.46. The van der Waals surface area contributed by atoms with Crippen molar-refractivity contribution in [1.82, 2.24) is 10.2 Å². The number of rotatable bonds is 6. The van der Waals surface area contributed by atoms with Crippen molar-refractivity contribution in [2.45, 2.75) is 40.2 Å². The molecule has 1 heterocycles. The Morgan fingerprint density at radius 2 is 1.94 bits per heavy atom. The Morgan fingerprint density at radius 3 is 2.50 bits per heavy atom. The van der Waals surface area contributed by atoms with Crippen molar-refractivity contribution in [1.29, 1.82) is 0 Å². The van der Waals surface area contributed by atoms with Gasteiger partial charge in [-0.1, -0.05) is 20.8 Å². The van der Waals surface area contributed by atoms with Crippen LogP contribution >= 0.6 is 0 Å². The molecule has 16 heavy (non-hydrogen) atoms. The van der Waals surface area contributed by atoms with Crippen LogP contribution in [0.2, 0.25) is 0 Å². The molecule has 1 unspecified atom stereocenters. The molecule has 0 saturated carbocycles. The maximum atomic E-state index is 5.35. The van der Waals surface area contributed by atoms with Crippen molar-refractivity contribution >= 4 is 0 Å². The van der Waals surface area contributed by atoms with Crippen molar-refractivity contribution in [2.75, 3.05) is 39.4 Å². The number of morpholine rings is 1. The van der Waals surface area contributed by atoms with E-state index in [0.717, 1.165) is 39.4 Å². The molecule has 3 heteroatoms. The van der Waals surface area contributed by atoms with Crippen LogP contribution in [0, 0.1) is 5.41 Å². The van der Waals surface area contributed by atoms with Gasteiger partial charge < -0.3 is 10.1 Å². The lowest BCUT2D eigenvalue weighted by molar-refractivity contribution is 0.0339. The fraction of sp³-hybridized carbons (Fsp3) is 1.00. The maximum Gasteiger partial charge on any atom is 0.0594 e. The van der Waals surface area contributed by atoms with Gasteiger partial charge in [-0.05, 0) is 18.8 Å². The van der Waals surface area contributed by atoms with Gasteiger partial charge in [0, 0.05) is 32.2 Å². The summed E-state index contributed by atoms with van der Waals surface area (Å²) in [6.07, 6.45) is 1.23. The summed E-state index contributed by atoms with van der Waals surface area (Å²) in [4.78, 5) is 2.49. The summed E-state index contributed by atoms with van der Waals surface area (Å²) in [5, 5.41) is 3.64. The van der Waals surface area contributed by atoms with Gasteiger partial charge in [0.2, 0.25) is 0 Å². The van der Waals surface area contributed by atoms with E-state index in [1.165, 1.54) is 6.42 Å². The van der Waals surface area contributed by atoms with Gasteiger partial charge in [-0.15, -0.1) is 0 Å². The maximum absolute atomic E-state index is 5.35. The Kier molecular flexibility index (Phi) is 5.73. The van der Waals surface area contributed by atoms with Crippen LogP contribution in [0.3, 0.4) is 0 Å². The normalized spacial score (nSPS) is 21.0. The zero-order chi connectivity index (χ0) is 12.0. The highest BCUT2D eigenvalue weighted by atomic mass is 16.5. The number of ether oxygens (including phenoxy) is 1. The van der Waals surface area contributed by atoms with Gasteiger partial charge in [-0.25, -0.2) is 0 Å². The third-order valence-corrected chi connectivity index (χ3v) is 3.52.